The number of carbonyl (C=O) groups is 1. The van der Waals surface area contributed by atoms with Gasteiger partial charge in [0, 0.05) is 6.61 Å². The lowest BCUT2D eigenvalue weighted by Gasteiger charge is -2.19. The van der Waals surface area contributed by atoms with E-state index in [0.29, 0.717) is 32.2 Å². The summed E-state index contributed by atoms with van der Waals surface area (Å²) in [5.74, 6) is 0.317. The first-order chi connectivity index (χ1) is 7.81. The first-order valence-corrected chi connectivity index (χ1v) is 6.18. The van der Waals surface area contributed by atoms with Gasteiger partial charge in [0.2, 0.25) is 0 Å². The summed E-state index contributed by atoms with van der Waals surface area (Å²) in [6.07, 6.45) is 0.293. The zero-order valence-corrected chi connectivity index (χ0v) is 11.7. The van der Waals surface area contributed by atoms with Gasteiger partial charge in [0.1, 0.15) is 5.60 Å². The van der Waals surface area contributed by atoms with E-state index in [9.17, 15) is 4.79 Å². The van der Waals surface area contributed by atoms with E-state index in [1.54, 1.807) is 0 Å². The van der Waals surface area contributed by atoms with Gasteiger partial charge in [-0.05, 0) is 26.7 Å². The summed E-state index contributed by atoms with van der Waals surface area (Å²) < 4.78 is 15.8. The van der Waals surface area contributed by atoms with Crippen molar-refractivity contribution in [2.75, 3.05) is 26.4 Å². The van der Waals surface area contributed by atoms with Crippen LogP contribution in [0.4, 0.5) is 0 Å². The summed E-state index contributed by atoms with van der Waals surface area (Å²) in [5, 5.41) is 0. The quantitative estimate of drug-likeness (QED) is 0.487. The minimum Gasteiger partial charge on any atom is -0.460 e. The Hall–Kier alpha value is -0.610. The van der Waals surface area contributed by atoms with Crippen molar-refractivity contribution in [2.24, 2.45) is 5.92 Å². The number of ether oxygens (including phenoxy) is 3. The van der Waals surface area contributed by atoms with E-state index in [2.05, 4.69) is 13.8 Å². The number of hydrogen-bond acceptors (Lipinski definition) is 4. The van der Waals surface area contributed by atoms with Crippen molar-refractivity contribution in [3.63, 3.8) is 0 Å². The zero-order valence-electron chi connectivity index (χ0n) is 11.7. The minimum atomic E-state index is -0.419. The molecule has 0 fully saturated rings. The molecule has 102 valence electrons. The SMILES string of the molecule is CC(C)COCCOCCC(=O)OC(C)(C)C. The fourth-order valence-corrected chi connectivity index (χ4v) is 1.09. The van der Waals surface area contributed by atoms with Crippen LogP contribution in [0, 0.1) is 5.92 Å². The highest BCUT2D eigenvalue weighted by Crippen LogP contribution is 2.07. The Kier molecular flexibility index (Phi) is 8.17. The van der Waals surface area contributed by atoms with Gasteiger partial charge < -0.3 is 14.2 Å². The topological polar surface area (TPSA) is 44.8 Å². The molecule has 0 aliphatic heterocycles. The second-order valence-corrected chi connectivity index (χ2v) is 5.42. The van der Waals surface area contributed by atoms with Crippen LogP contribution in [0.3, 0.4) is 0 Å². The summed E-state index contributed by atoms with van der Waals surface area (Å²) in [6, 6.07) is 0. The van der Waals surface area contributed by atoms with Gasteiger partial charge in [-0.1, -0.05) is 13.8 Å². The van der Waals surface area contributed by atoms with Gasteiger partial charge in [-0.25, -0.2) is 0 Å². The number of rotatable bonds is 8. The zero-order chi connectivity index (χ0) is 13.3. The van der Waals surface area contributed by atoms with Gasteiger partial charge in [0.15, 0.2) is 0 Å². The number of carbonyl (C=O) groups excluding carboxylic acids is 1. The van der Waals surface area contributed by atoms with E-state index in [1.807, 2.05) is 20.8 Å². The highest BCUT2D eigenvalue weighted by molar-refractivity contribution is 5.69. The van der Waals surface area contributed by atoms with Gasteiger partial charge in [-0.15, -0.1) is 0 Å². The normalized spacial score (nSPS) is 11.9. The minimum absolute atomic E-state index is 0.222. The summed E-state index contributed by atoms with van der Waals surface area (Å²) in [5.41, 5.74) is -0.419. The average Bonchev–Trinajstić information content (AvgIpc) is 2.12. The molecule has 0 aromatic carbocycles. The van der Waals surface area contributed by atoms with Crippen molar-refractivity contribution in [3.05, 3.63) is 0 Å². The maximum atomic E-state index is 11.3. The van der Waals surface area contributed by atoms with Crippen molar-refractivity contribution < 1.29 is 19.0 Å². The second kappa shape index (κ2) is 8.48. The maximum Gasteiger partial charge on any atom is 0.308 e. The second-order valence-electron chi connectivity index (χ2n) is 5.42. The Bertz CT molecular complexity index is 206. The molecule has 0 N–H and O–H groups in total. The third kappa shape index (κ3) is 13.3. The molecule has 0 heterocycles. The number of esters is 1. The molecule has 0 aliphatic carbocycles. The van der Waals surface area contributed by atoms with Crippen LogP contribution in [-0.4, -0.2) is 38.0 Å². The third-order valence-electron chi connectivity index (χ3n) is 1.69. The first-order valence-electron chi connectivity index (χ1n) is 6.18. The molecule has 0 aliphatic rings. The Morgan fingerprint density at radius 2 is 1.65 bits per heavy atom. The van der Waals surface area contributed by atoms with Crippen LogP contribution in [0.1, 0.15) is 41.0 Å². The van der Waals surface area contributed by atoms with Crippen molar-refractivity contribution in [1.29, 1.82) is 0 Å². The van der Waals surface area contributed by atoms with Crippen LogP contribution in [-0.2, 0) is 19.0 Å². The molecule has 4 heteroatoms. The van der Waals surface area contributed by atoms with Crippen LogP contribution in [0.15, 0.2) is 0 Å². The average molecular weight is 246 g/mol. The van der Waals surface area contributed by atoms with Crippen LogP contribution < -0.4 is 0 Å². The lowest BCUT2D eigenvalue weighted by atomic mass is 10.2. The fourth-order valence-electron chi connectivity index (χ4n) is 1.09. The standard InChI is InChI=1S/C13H26O4/c1-11(2)10-16-9-8-15-7-6-12(14)17-13(3,4)5/h11H,6-10H2,1-5H3. The van der Waals surface area contributed by atoms with Crippen molar-refractivity contribution >= 4 is 5.97 Å². The van der Waals surface area contributed by atoms with E-state index >= 15 is 0 Å². The van der Waals surface area contributed by atoms with Gasteiger partial charge in [0.05, 0.1) is 26.2 Å². The molecule has 0 spiro atoms. The highest BCUT2D eigenvalue weighted by atomic mass is 16.6. The molecule has 4 nitrogen and oxygen atoms in total. The molecule has 0 amide bonds. The molecule has 0 bridgehead atoms. The third-order valence-corrected chi connectivity index (χ3v) is 1.69. The predicted octanol–water partition coefficient (Wildman–Crippen LogP) is 2.41. The molecule has 0 aromatic heterocycles. The summed E-state index contributed by atoms with van der Waals surface area (Å²) in [4.78, 5) is 11.3. The highest BCUT2D eigenvalue weighted by Gasteiger charge is 2.15. The maximum absolute atomic E-state index is 11.3. The van der Waals surface area contributed by atoms with Gasteiger partial charge in [-0.3, -0.25) is 4.79 Å². The van der Waals surface area contributed by atoms with E-state index in [-0.39, 0.29) is 5.97 Å². The molecular formula is C13H26O4. The Labute approximate surface area is 105 Å². The lowest BCUT2D eigenvalue weighted by Crippen LogP contribution is -2.24. The van der Waals surface area contributed by atoms with E-state index in [1.165, 1.54) is 0 Å². The molecule has 0 rings (SSSR count). The van der Waals surface area contributed by atoms with E-state index < -0.39 is 5.60 Å². The van der Waals surface area contributed by atoms with Gasteiger partial charge in [0.25, 0.3) is 0 Å². The Morgan fingerprint density at radius 3 is 2.18 bits per heavy atom. The monoisotopic (exact) mass is 246 g/mol. The first kappa shape index (κ1) is 16.4. The smallest absolute Gasteiger partial charge is 0.308 e. The Balaban J connectivity index is 3.31. The molecule has 17 heavy (non-hydrogen) atoms. The van der Waals surface area contributed by atoms with Gasteiger partial charge >= 0.3 is 5.97 Å². The summed E-state index contributed by atoms with van der Waals surface area (Å²) in [6.45, 7) is 12.0. The van der Waals surface area contributed by atoms with Crippen molar-refractivity contribution in [3.8, 4) is 0 Å². The molecule has 0 saturated heterocycles. The van der Waals surface area contributed by atoms with Crippen LogP contribution >= 0.6 is 0 Å². The fraction of sp³-hybridized carbons (Fsp3) is 0.923. The predicted molar refractivity (Wildman–Crippen MR) is 66.9 cm³/mol. The summed E-state index contributed by atoms with van der Waals surface area (Å²) >= 11 is 0. The van der Waals surface area contributed by atoms with E-state index in [0.717, 1.165) is 6.61 Å². The van der Waals surface area contributed by atoms with E-state index in [4.69, 9.17) is 14.2 Å². The molecule has 0 unspecified atom stereocenters. The molecule has 0 atom stereocenters. The largest absolute Gasteiger partial charge is 0.460 e. The van der Waals surface area contributed by atoms with Crippen molar-refractivity contribution in [1.82, 2.24) is 0 Å². The lowest BCUT2D eigenvalue weighted by molar-refractivity contribution is -0.156. The Morgan fingerprint density at radius 1 is 1.06 bits per heavy atom. The molecule has 0 aromatic rings. The molecule has 0 radical (unpaired) electrons. The summed E-state index contributed by atoms with van der Waals surface area (Å²) in [7, 11) is 0. The van der Waals surface area contributed by atoms with Crippen LogP contribution in [0.2, 0.25) is 0 Å². The molecule has 0 saturated carbocycles. The van der Waals surface area contributed by atoms with Gasteiger partial charge in [-0.2, -0.15) is 0 Å². The molecular weight excluding hydrogens is 220 g/mol. The van der Waals surface area contributed by atoms with Crippen LogP contribution in [0.5, 0.6) is 0 Å². The number of hydrogen-bond donors (Lipinski definition) is 0. The van der Waals surface area contributed by atoms with Crippen LogP contribution in [0.25, 0.3) is 0 Å². The van der Waals surface area contributed by atoms with Crippen molar-refractivity contribution in [2.45, 2.75) is 46.6 Å².